The van der Waals surface area contributed by atoms with Crippen LogP contribution in [0.15, 0.2) is 24.4 Å². The molecule has 1 N–H and O–H groups in total. The Bertz CT molecular complexity index is 345. The lowest BCUT2D eigenvalue weighted by Crippen LogP contribution is -2.45. The van der Waals surface area contributed by atoms with Crippen LogP contribution in [0.5, 0.6) is 0 Å². The molecule has 2 rings (SSSR count). The monoisotopic (exact) mass is 232 g/mol. The van der Waals surface area contributed by atoms with E-state index in [1.165, 1.54) is 25.7 Å². The molecule has 1 aliphatic rings. The quantitative estimate of drug-likeness (QED) is 0.859. The van der Waals surface area contributed by atoms with Gasteiger partial charge in [0.15, 0.2) is 0 Å². The molecule has 0 spiro atoms. The van der Waals surface area contributed by atoms with Crippen LogP contribution in [0.2, 0.25) is 0 Å². The van der Waals surface area contributed by atoms with Crippen molar-refractivity contribution in [2.45, 2.75) is 58.5 Å². The van der Waals surface area contributed by atoms with E-state index in [0.29, 0.717) is 17.5 Å². The summed E-state index contributed by atoms with van der Waals surface area (Å²) < 4.78 is 0. The second-order valence-corrected chi connectivity index (χ2v) is 5.93. The van der Waals surface area contributed by atoms with Crippen molar-refractivity contribution in [1.82, 2.24) is 10.3 Å². The third-order valence-electron chi connectivity index (χ3n) is 4.09. The Balaban J connectivity index is 2.00. The number of nitrogens with zero attached hydrogens (tertiary/aromatic N) is 1. The molecule has 0 aliphatic heterocycles. The molecule has 1 aromatic rings. The molecule has 0 aromatic carbocycles. The SMILES string of the molecule is C[C@@H](NC1CCCCC1(C)C)c1ccccn1. The van der Waals surface area contributed by atoms with Gasteiger partial charge in [-0.2, -0.15) is 0 Å². The van der Waals surface area contributed by atoms with Crippen molar-refractivity contribution in [1.29, 1.82) is 0 Å². The first-order chi connectivity index (χ1) is 8.09. The molecule has 0 saturated heterocycles. The van der Waals surface area contributed by atoms with Crippen LogP contribution in [0.3, 0.4) is 0 Å². The summed E-state index contributed by atoms with van der Waals surface area (Å²) in [5.74, 6) is 0. The second kappa shape index (κ2) is 5.18. The largest absolute Gasteiger partial charge is 0.306 e. The molecule has 1 unspecified atom stereocenters. The van der Waals surface area contributed by atoms with Crippen molar-refractivity contribution in [2.24, 2.45) is 5.41 Å². The Labute approximate surface area is 105 Å². The summed E-state index contributed by atoms with van der Waals surface area (Å²) in [6.45, 7) is 6.98. The van der Waals surface area contributed by atoms with Crippen LogP contribution in [-0.2, 0) is 0 Å². The van der Waals surface area contributed by atoms with Crippen LogP contribution in [0.1, 0.15) is 58.2 Å². The highest BCUT2D eigenvalue weighted by Gasteiger charge is 2.32. The molecule has 2 heteroatoms. The fraction of sp³-hybridized carbons (Fsp3) is 0.667. The molecular weight excluding hydrogens is 208 g/mol. The first-order valence-corrected chi connectivity index (χ1v) is 6.76. The average Bonchev–Trinajstić information content (AvgIpc) is 2.33. The van der Waals surface area contributed by atoms with E-state index < -0.39 is 0 Å². The van der Waals surface area contributed by atoms with Crippen LogP contribution in [0, 0.1) is 5.41 Å². The second-order valence-electron chi connectivity index (χ2n) is 5.93. The highest BCUT2D eigenvalue weighted by atomic mass is 15.0. The van der Waals surface area contributed by atoms with Crippen LogP contribution < -0.4 is 5.32 Å². The van der Waals surface area contributed by atoms with Gasteiger partial charge in [0, 0.05) is 18.3 Å². The fourth-order valence-corrected chi connectivity index (χ4v) is 2.82. The average molecular weight is 232 g/mol. The van der Waals surface area contributed by atoms with E-state index in [-0.39, 0.29) is 0 Å². The zero-order valence-corrected chi connectivity index (χ0v) is 11.2. The Hall–Kier alpha value is -0.890. The first kappa shape index (κ1) is 12.6. The number of hydrogen-bond acceptors (Lipinski definition) is 2. The van der Waals surface area contributed by atoms with Gasteiger partial charge in [0.1, 0.15) is 0 Å². The van der Waals surface area contributed by atoms with Crippen LogP contribution in [0.25, 0.3) is 0 Å². The van der Waals surface area contributed by atoms with Crippen molar-refractivity contribution >= 4 is 0 Å². The number of hydrogen-bond donors (Lipinski definition) is 1. The molecule has 1 fully saturated rings. The molecule has 94 valence electrons. The van der Waals surface area contributed by atoms with E-state index in [1.807, 2.05) is 12.3 Å². The number of aromatic nitrogens is 1. The maximum atomic E-state index is 4.43. The molecule has 0 bridgehead atoms. The summed E-state index contributed by atoms with van der Waals surface area (Å²) in [5, 5.41) is 3.76. The van der Waals surface area contributed by atoms with Crippen molar-refractivity contribution in [2.75, 3.05) is 0 Å². The number of rotatable bonds is 3. The Kier molecular flexibility index (Phi) is 3.82. The third kappa shape index (κ3) is 3.06. The van der Waals surface area contributed by atoms with Crippen molar-refractivity contribution in [3.05, 3.63) is 30.1 Å². The highest BCUT2D eigenvalue weighted by Crippen LogP contribution is 2.36. The van der Waals surface area contributed by atoms with E-state index in [2.05, 4.69) is 43.2 Å². The van der Waals surface area contributed by atoms with Gasteiger partial charge >= 0.3 is 0 Å². The van der Waals surface area contributed by atoms with Gasteiger partial charge in [-0.15, -0.1) is 0 Å². The Morgan fingerprint density at radius 3 is 2.82 bits per heavy atom. The molecule has 1 heterocycles. The molecule has 1 aromatic heterocycles. The van der Waals surface area contributed by atoms with E-state index >= 15 is 0 Å². The molecule has 1 aliphatic carbocycles. The van der Waals surface area contributed by atoms with Gasteiger partial charge in [-0.25, -0.2) is 0 Å². The van der Waals surface area contributed by atoms with Gasteiger partial charge in [0.2, 0.25) is 0 Å². The fourth-order valence-electron chi connectivity index (χ4n) is 2.82. The predicted molar refractivity (Wildman–Crippen MR) is 71.8 cm³/mol. The summed E-state index contributed by atoms with van der Waals surface area (Å²) in [7, 11) is 0. The molecule has 2 nitrogen and oxygen atoms in total. The number of nitrogens with one attached hydrogen (secondary N) is 1. The van der Waals surface area contributed by atoms with Gasteiger partial charge in [0.25, 0.3) is 0 Å². The lowest BCUT2D eigenvalue weighted by atomic mass is 9.73. The van der Waals surface area contributed by atoms with E-state index in [9.17, 15) is 0 Å². The van der Waals surface area contributed by atoms with E-state index in [0.717, 1.165) is 5.69 Å². The van der Waals surface area contributed by atoms with E-state index in [4.69, 9.17) is 0 Å². The smallest absolute Gasteiger partial charge is 0.0570 e. The molecule has 0 amide bonds. The van der Waals surface area contributed by atoms with E-state index in [1.54, 1.807) is 0 Å². The van der Waals surface area contributed by atoms with Crippen molar-refractivity contribution in [3.8, 4) is 0 Å². The maximum Gasteiger partial charge on any atom is 0.0570 e. The predicted octanol–water partition coefficient (Wildman–Crippen LogP) is 3.70. The number of pyridine rings is 1. The summed E-state index contributed by atoms with van der Waals surface area (Å²) >= 11 is 0. The topological polar surface area (TPSA) is 24.9 Å². The standard InChI is InChI=1S/C15H24N2/c1-12(13-8-5-7-11-16-13)17-14-9-4-6-10-15(14,2)3/h5,7-8,11-12,14,17H,4,6,9-10H2,1-3H3/t12-,14?/m1/s1. The van der Waals surface area contributed by atoms with Gasteiger partial charge in [0.05, 0.1) is 5.69 Å². The van der Waals surface area contributed by atoms with Gasteiger partial charge in [-0.1, -0.05) is 32.8 Å². The molecule has 2 atom stereocenters. The third-order valence-corrected chi connectivity index (χ3v) is 4.09. The lowest BCUT2D eigenvalue weighted by molar-refractivity contribution is 0.157. The molecule has 1 saturated carbocycles. The van der Waals surface area contributed by atoms with Crippen molar-refractivity contribution in [3.63, 3.8) is 0 Å². The van der Waals surface area contributed by atoms with Crippen LogP contribution in [-0.4, -0.2) is 11.0 Å². The summed E-state index contributed by atoms with van der Waals surface area (Å²) in [6, 6.07) is 7.10. The lowest BCUT2D eigenvalue weighted by Gasteiger charge is -2.40. The van der Waals surface area contributed by atoms with Gasteiger partial charge in [-0.3, -0.25) is 4.98 Å². The Morgan fingerprint density at radius 2 is 2.18 bits per heavy atom. The normalized spacial score (nSPS) is 25.5. The van der Waals surface area contributed by atoms with Crippen LogP contribution >= 0.6 is 0 Å². The minimum Gasteiger partial charge on any atom is -0.306 e. The van der Waals surface area contributed by atoms with Gasteiger partial charge < -0.3 is 5.32 Å². The minimum absolute atomic E-state index is 0.346. The summed E-state index contributed by atoms with van der Waals surface area (Å²) in [6.07, 6.45) is 7.24. The summed E-state index contributed by atoms with van der Waals surface area (Å²) in [5.41, 5.74) is 1.57. The van der Waals surface area contributed by atoms with Gasteiger partial charge in [-0.05, 0) is 37.3 Å². The maximum absolute atomic E-state index is 4.43. The molecule has 17 heavy (non-hydrogen) atoms. The van der Waals surface area contributed by atoms with Crippen molar-refractivity contribution < 1.29 is 0 Å². The zero-order chi connectivity index (χ0) is 12.3. The highest BCUT2D eigenvalue weighted by molar-refractivity contribution is 5.08. The molecular formula is C15H24N2. The zero-order valence-electron chi connectivity index (χ0n) is 11.2. The molecule has 0 radical (unpaired) electrons. The van der Waals surface area contributed by atoms with Crippen LogP contribution in [0.4, 0.5) is 0 Å². The first-order valence-electron chi connectivity index (χ1n) is 6.76. The minimum atomic E-state index is 0.346. The summed E-state index contributed by atoms with van der Waals surface area (Å²) in [4.78, 5) is 4.43. The Morgan fingerprint density at radius 1 is 1.35 bits per heavy atom.